The van der Waals surface area contributed by atoms with Crippen molar-refractivity contribution in [3.63, 3.8) is 0 Å². The summed E-state index contributed by atoms with van der Waals surface area (Å²) >= 11 is 0. The molecule has 1 unspecified atom stereocenters. The Kier molecular flexibility index (Phi) is 5.12. The number of hydrogen-bond acceptors (Lipinski definition) is 4. The molecule has 0 aromatic heterocycles. The van der Waals surface area contributed by atoms with Crippen molar-refractivity contribution in [2.45, 2.75) is 18.9 Å². The molecule has 5 nitrogen and oxygen atoms in total. The van der Waals surface area contributed by atoms with E-state index in [2.05, 4.69) is 16.4 Å². The molecule has 140 valence electrons. The van der Waals surface area contributed by atoms with E-state index in [-0.39, 0.29) is 12.0 Å². The highest BCUT2D eigenvalue weighted by atomic mass is 16.5. The first kappa shape index (κ1) is 17.6. The van der Waals surface area contributed by atoms with Crippen LogP contribution in [-0.2, 0) is 4.74 Å². The predicted molar refractivity (Wildman–Crippen MR) is 106 cm³/mol. The number of amides is 1. The van der Waals surface area contributed by atoms with Crippen LogP contribution in [0.15, 0.2) is 60.4 Å². The van der Waals surface area contributed by atoms with E-state index in [0.29, 0.717) is 12.1 Å². The molecule has 2 aromatic rings. The number of hydrogen-bond donors (Lipinski definition) is 1. The van der Waals surface area contributed by atoms with Gasteiger partial charge in [0.05, 0.1) is 19.8 Å². The smallest absolute Gasteiger partial charge is 0.256 e. The lowest BCUT2D eigenvalue weighted by atomic mass is 10.0. The van der Waals surface area contributed by atoms with E-state index in [4.69, 9.17) is 9.47 Å². The lowest BCUT2D eigenvalue weighted by molar-refractivity contribution is 0.0871. The molecule has 1 N–H and O–H groups in total. The molecule has 2 heterocycles. The Balaban J connectivity index is 1.48. The first-order valence-corrected chi connectivity index (χ1v) is 9.34. The predicted octanol–water partition coefficient (Wildman–Crippen LogP) is 3.47. The van der Waals surface area contributed by atoms with Crippen molar-refractivity contribution in [3.8, 4) is 5.75 Å². The monoisotopic (exact) mass is 364 g/mol. The third-order valence-electron chi connectivity index (χ3n) is 5.05. The van der Waals surface area contributed by atoms with Gasteiger partial charge in [0.1, 0.15) is 5.75 Å². The molecule has 0 aliphatic carbocycles. The Morgan fingerprint density at radius 3 is 2.89 bits per heavy atom. The highest BCUT2D eigenvalue weighted by molar-refractivity contribution is 6.09. The average molecular weight is 364 g/mol. The molecule has 4 rings (SSSR count). The zero-order chi connectivity index (χ0) is 18.6. The van der Waals surface area contributed by atoms with E-state index in [0.717, 1.165) is 48.2 Å². The maximum absolute atomic E-state index is 12.9. The molecule has 1 amide bonds. The van der Waals surface area contributed by atoms with E-state index in [9.17, 15) is 4.79 Å². The Morgan fingerprint density at radius 2 is 2.11 bits per heavy atom. The van der Waals surface area contributed by atoms with Crippen molar-refractivity contribution >= 4 is 16.7 Å². The summed E-state index contributed by atoms with van der Waals surface area (Å²) in [6.45, 7) is 2.39. The largest absolute Gasteiger partial charge is 0.496 e. The molecule has 1 fully saturated rings. The summed E-state index contributed by atoms with van der Waals surface area (Å²) in [6.07, 6.45) is 8.51. The zero-order valence-corrected chi connectivity index (χ0v) is 15.5. The van der Waals surface area contributed by atoms with Gasteiger partial charge in [-0.15, -0.1) is 0 Å². The number of rotatable bonds is 5. The minimum absolute atomic E-state index is 0.104. The quantitative estimate of drug-likeness (QED) is 0.883. The second kappa shape index (κ2) is 7.84. The molecule has 2 aliphatic heterocycles. The summed E-state index contributed by atoms with van der Waals surface area (Å²) in [4.78, 5) is 15.1. The summed E-state index contributed by atoms with van der Waals surface area (Å²) in [5.74, 6) is 0.664. The van der Waals surface area contributed by atoms with Crippen molar-refractivity contribution in [3.05, 3.63) is 66.0 Å². The second-order valence-electron chi connectivity index (χ2n) is 6.91. The highest BCUT2D eigenvalue weighted by Crippen LogP contribution is 2.28. The van der Waals surface area contributed by atoms with Crippen molar-refractivity contribution in [1.82, 2.24) is 10.2 Å². The summed E-state index contributed by atoms with van der Waals surface area (Å²) in [7, 11) is 1.64. The lowest BCUT2D eigenvalue weighted by Gasteiger charge is -2.27. The maximum Gasteiger partial charge on any atom is 0.256 e. The van der Waals surface area contributed by atoms with Gasteiger partial charge in [-0.2, -0.15) is 0 Å². The average Bonchev–Trinajstić information content (AvgIpc) is 3.20. The molecule has 0 radical (unpaired) electrons. The zero-order valence-electron chi connectivity index (χ0n) is 15.5. The third kappa shape index (κ3) is 3.83. The number of ether oxygens (including phenoxy) is 2. The van der Waals surface area contributed by atoms with Gasteiger partial charge in [0.25, 0.3) is 5.91 Å². The fourth-order valence-electron chi connectivity index (χ4n) is 3.72. The normalized spacial score (nSPS) is 19.2. The van der Waals surface area contributed by atoms with Crippen LogP contribution in [0.1, 0.15) is 23.2 Å². The SMILES string of the molecule is COc1ccc(C(=O)NC2=CC=CN(CC3CCCO3)C2)c2ccccc12. The minimum atomic E-state index is -0.104. The van der Waals surface area contributed by atoms with Crippen LogP contribution in [-0.4, -0.2) is 43.7 Å². The Hall–Kier alpha value is -2.79. The van der Waals surface area contributed by atoms with E-state index in [1.165, 1.54) is 0 Å². The number of fused-ring (bicyclic) bond motifs is 1. The second-order valence-corrected chi connectivity index (χ2v) is 6.91. The van der Waals surface area contributed by atoms with Gasteiger partial charge in [-0.3, -0.25) is 4.79 Å². The number of benzene rings is 2. The molecule has 0 spiro atoms. The number of nitrogens with zero attached hydrogens (tertiary/aromatic N) is 1. The fourth-order valence-corrected chi connectivity index (χ4v) is 3.72. The van der Waals surface area contributed by atoms with Crippen molar-refractivity contribution in [2.75, 3.05) is 26.8 Å². The molecular weight excluding hydrogens is 340 g/mol. The molecular formula is C22H24N2O3. The summed E-state index contributed by atoms with van der Waals surface area (Å²) < 4.78 is 11.1. The molecule has 2 aliphatic rings. The van der Waals surface area contributed by atoms with Crippen LogP contribution < -0.4 is 10.1 Å². The minimum Gasteiger partial charge on any atom is -0.496 e. The van der Waals surface area contributed by atoms with Crippen molar-refractivity contribution in [1.29, 1.82) is 0 Å². The van der Waals surface area contributed by atoms with Gasteiger partial charge < -0.3 is 19.7 Å². The maximum atomic E-state index is 12.9. The van der Waals surface area contributed by atoms with Crippen LogP contribution in [0, 0.1) is 0 Å². The van der Waals surface area contributed by atoms with E-state index >= 15 is 0 Å². The molecule has 0 bridgehead atoms. The molecule has 27 heavy (non-hydrogen) atoms. The first-order chi connectivity index (χ1) is 13.2. The van der Waals surface area contributed by atoms with Crippen LogP contribution >= 0.6 is 0 Å². The van der Waals surface area contributed by atoms with Crippen LogP contribution in [0.5, 0.6) is 5.75 Å². The fraction of sp³-hybridized carbons (Fsp3) is 0.318. The standard InChI is InChI=1S/C22H24N2O3/c1-26-21-11-10-20(18-8-2-3-9-19(18)21)22(25)23-16-6-4-12-24(14-16)15-17-7-5-13-27-17/h2-4,6,8-12,17H,5,7,13-15H2,1H3,(H,23,25). The Labute approximate surface area is 159 Å². The Morgan fingerprint density at radius 1 is 1.26 bits per heavy atom. The van der Waals surface area contributed by atoms with Gasteiger partial charge in [0, 0.05) is 29.8 Å². The topological polar surface area (TPSA) is 50.8 Å². The third-order valence-corrected chi connectivity index (χ3v) is 5.05. The Bertz CT molecular complexity index is 898. The molecule has 5 heteroatoms. The van der Waals surface area contributed by atoms with Crippen LogP contribution in [0.2, 0.25) is 0 Å². The van der Waals surface area contributed by atoms with Crippen molar-refractivity contribution < 1.29 is 14.3 Å². The van der Waals surface area contributed by atoms with Crippen molar-refractivity contribution in [2.24, 2.45) is 0 Å². The van der Waals surface area contributed by atoms with E-state index in [1.54, 1.807) is 7.11 Å². The number of carbonyl (C=O) groups is 1. The molecule has 0 saturated carbocycles. The van der Waals surface area contributed by atoms with Crippen LogP contribution in [0.3, 0.4) is 0 Å². The van der Waals surface area contributed by atoms with E-state index < -0.39 is 0 Å². The summed E-state index contributed by atoms with van der Waals surface area (Å²) in [5.41, 5.74) is 1.54. The molecule has 1 saturated heterocycles. The summed E-state index contributed by atoms with van der Waals surface area (Å²) in [5, 5.41) is 4.89. The van der Waals surface area contributed by atoms with Gasteiger partial charge in [-0.1, -0.05) is 24.3 Å². The van der Waals surface area contributed by atoms with Gasteiger partial charge in [0.2, 0.25) is 0 Å². The highest BCUT2D eigenvalue weighted by Gasteiger charge is 2.20. The van der Waals surface area contributed by atoms with Gasteiger partial charge in [-0.05, 0) is 48.7 Å². The lowest BCUT2D eigenvalue weighted by Crippen LogP contribution is -2.35. The number of carbonyl (C=O) groups excluding carboxylic acids is 1. The van der Waals surface area contributed by atoms with Crippen LogP contribution in [0.25, 0.3) is 10.8 Å². The van der Waals surface area contributed by atoms with Gasteiger partial charge in [0.15, 0.2) is 0 Å². The van der Waals surface area contributed by atoms with Gasteiger partial charge >= 0.3 is 0 Å². The van der Waals surface area contributed by atoms with Gasteiger partial charge in [-0.25, -0.2) is 0 Å². The number of nitrogens with one attached hydrogen (secondary N) is 1. The number of methoxy groups -OCH3 is 1. The van der Waals surface area contributed by atoms with E-state index in [1.807, 2.05) is 48.6 Å². The molecule has 1 atom stereocenters. The number of allylic oxidation sites excluding steroid dienone is 2. The molecule has 2 aromatic carbocycles. The van der Waals surface area contributed by atoms with Crippen LogP contribution in [0.4, 0.5) is 0 Å². The first-order valence-electron chi connectivity index (χ1n) is 9.34. The summed E-state index contributed by atoms with van der Waals surface area (Å²) in [6, 6.07) is 11.5.